The van der Waals surface area contributed by atoms with Gasteiger partial charge in [-0.05, 0) is 25.7 Å². The van der Waals surface area contributed by atoms with Crippen LogP contribution in [0, 0.1) is 11.8 Å². The summed E-state index contributed by atoms with van der Waals surface area (Å²) in [6.45, 7) is 2.04. The Balaban J connectivity index is 1.84. The fraction of sp³-hybridized carbons (Fsp3) is 0.750. The Bertz CT molecular complexity index is 634. The summed E-state index contributed by atoms with van der Waals surface area (Å²) in [6, 6.07) is -0.744. The number of amides is 2. The first kappa shape index (κ1) is 19.9. The van der Waals surface area contributed by atoms with Gasteiger partial charge in [0.2, 0.25) is 11.8 Å². The van der Waals surface area contributed by atoms with Crippen LogP contribution < -0.4 is 5.32 Å². The summed E-state index contributed by atoms with van der Waals surface area (Å²) < 4.78 is 4.92. The number of hydrogen-bond acceptors (Lipinski definition) is 5. The molecule has 2 heterocycles. The van der Waals surface area contributed by atoms with Crippen LogP contribution in [-0.4, -0.2) is 59.1 Å². The monoisotopic (exact) mass is 378 g/mol. The van der Waals surface area contributed by atoms with Gasteiger partial charge in [-0.1, -0.05) is 31.9 Å². The van der Waals surface area contributed by atoms with Crippen molar-refractivity contribution >= 4 is 17.8 Å². The average molecular weight is 378 g/mol. The second-order valence-corrected chi connectivity index (χ2v) is 8.13. The summed E-state index contributed by atoms with van der Waals surface area (Å²) in [5, 5.41) is 12.9. The Morgan fingerprint density at radius 1 is 1.33 bits per heavy atom. The molecule has 0 aromatic carbocycles. The van der Waals surface area contributed by atoms with E-state index in [1.54, 1.807) is 0 Å². The molecule has 2 aliphatic heterocycles. The van der Waals surface area contributed by atoms with Gasteiger partial charge in [-0.3, -0.25) is 9.59 Å². The second kappa shape index (κ2) is 8.00. The fourth-order valence-corrected chi connectivity index (χ4v) is 4.30. The molecule has 0 aromatic rings. The van der Waals surface area contributed by atoms with E-state index in [9.17, 15) is 19.5 Å². The number of carbonyl (C=O) groups excluding carboxylic acids is 3. The molecule has 0 bridgehead atoms. The molecule has 2 fully saturated rings. The lowest BCUT2D eigenvalue weighted by molar-refractivity contribution is -0.148. The maximum atomic E-state index is 12.9. The maximum Gasteiger partial charge on any atom is 0.332 e. The number of nitrogens with zero attached hydrogens (tertiary/aromatic N) is 1. The first-order valence-corrected chi connectivity index (χ1v) is 9.94. The van der Waals surface area contributed by atoms with E-state index in [0.717, 1.165) is 32.1 Å². The molecule has 0 spiro atoms. The summed E-state index contributed by atoms with van der Waals surface area (Å²) in [4.78, 5) is 39.6. The zero-order valence-corrected chi connectivity index (χ0v) is 16.1. The highest BCUT2D eigenvalue weighted by Gasteiger charge is 2.62. The summed E-state index contributed by atoms with van der Waals surface area (Å²) in [6.07, 6.45) is 8.77. The van der Waals surface area contributed by atoms with Gasteiger partial charge in [0.25, 0.3) is 0 Å². The van der Waals surface area contributed by atoms with E-state index in [1.165, 1.54) is 12.0 Å². The Labute approximate surface area is 160 Å². The van der Waals surface area contributed by atoms with Gasteiger partial charge in [0, 0.05) is 24.8 Å². The lowest BCUT2D eigenvalue weighted by atomic mass is 10.0. The topological polar surface area (TPSA) is 95.9 Å². The van der Waals surface area contributed by atoms with Crippen molar-refractivity contribution in [3.05, 3.63) is 12.2 Å². The predicted octanol–water partition coefficient (Wildman–Crippen LogP) is 1.15. The average Bonchev–Trinajstić information content (AvgIpc) is 3.19. The zero-order valence-electron chi connectivity index (χ0n) is 16.1. The highest BCUT2D eigenvalue weighted by molar-refractivity contribution is 5.95. The number of carbonyl (C=O) groups is 3. The van der Waals surface area contributed by atoms with Gasteiger partial charge >= 0.3 is 5.97 Å². The number of hydrogen-bond donors (Lipinski definition) is 2. The summed E-state index contributed by atoms with van der Waals surface area (Å²) >= 11 is 0. The first-order chi connectivity index (χ1) is 12.9. The molecule has 1 saturated carbocycles. The zero-order chi connectivity index (χ0) is 19.6. The number of nitrogens with one attached hydrogen (secondary N) is 1. The lowest BCUT2D eigenvalue weighted by Gasteiger charge is -2.28. The van der Waals surface area contributed by atoms with Gasteiger partial charge in [-0.2, -0.15) is 0 Å². The van der Waals surface area contributed by atoms with Crippen molar-refractivity contribution in [3.8, 4) is 0 Å². The first-order valence-electron chi connectivity index (χ1n) is 9.94. The molecule has 27 heavy (non-hydrogen) atoms. The van der Waals surface area contributed by atoms with Gasteiger partial charge in [0.1, 0.15) is 11.6 Å². The molecule has 0 aromatic heterocycles. The highest BCUT2D eigenvalue weighted by atomic mass is 16.5. The normalized spacial score (nSPS) is 38.7. The van der Waals surface area contributed by atoms with Crippen molar-refractivity contribution in [2.45, 2.75) is 69.6 Å². The summed E-state index contributed by atoms with van der Waals surface area (Å²) in [5.74, 6) is -1.22. The molecule has 3 rings (SSSR count). The molecule has 3 aliphatic rings. The van der Waals surface area contributed by atoms with E-state index in [2.05, 4.69) is 11.4 Å². The number of aliphatic hydroxyl groups excluding tert-OH is 1. The SMILES string of the molecule is COC(=O)[C@@]12CC1/C=C\CCCCC[C@H](C)C(=O)N1C[C@@H](O)C[C@H]1C(=O)N2. The number of rotatable bonds is 1. The largest absolute Gasteiger partial charge is 0.467 e. The van der Waals surface area contributed by atoms with E-state index < -0.39 is 23.7 Å². The third kappa shape index (κ3) is 4.03. The van der Waals surface area contributed by atoms with Gasteiger partial charge < -0.3 is 20.1 Å². The number of esters is 1. The van der Waals surface area contributed by atoms with Gasteiger partial charge in [0.05, 0.1) is 13.2 Å². The van der Waals surface area contributed by atoms with Crippen LogP contribution in [0.25, 0.3) is 0 Å². The molecule has 2 amide bonds. The van der Waals surface area contributed by atoms with Gasteiger partial charge in [0.15, 0.2) is 0 Å². The molecule has 1 aliphatic carbocycles. The molecule has 150 valence electrons. The van der Waals surface area contributed by atoms with E-state index in [4.69, 9.17) is 4.74 Å². The van der Waals surface area contributed by atoms with Crippen molar-refractivity contribution in [2.75, 3.05) is 13.7 Å². The van der Waals surface area contributed by atoms with Crippen LogP contribution in [0.15, 0.2) is 12.2 Å². The van der Waals surface area contributed by atoms with Gasteiger partial charge in [-0.25, -0.2) is 4.79 Å². The van der Waals surface area contributed by atoms with E-state index in [-0.39, 0.29) is 36.6 Å². The smallest absolute Gasteiger partial charge is 0.332 e. The summed E-state index contributed by atoms with van der Waals surface area (Å²) in [5.41, 5.74) is -1.05. The summed E-state index contributed by atoms with van der Waals surface area (Å²) in [7, 11) is 1.31. The molecule has 2 N–H and O–H groups in total. The van der Waals surface area contributed by atoms with Crippen LogP contribution in [0.4, 0.5) is 0 Å². The Morgan fingerprint density at radius 2 is 2.11 bits per heavy atom. The third-order valence-corrected chi connectivity index (χ3v) is 6.07. The number of aliphatic hydroxyl groups is 1. The van der Waals surface area contributed by atoms with Crippen molar-refractivity contribution < 1.29 is 24.2 Å². The minimum atomic E-state index is -1.05. The lowest BCUT2D eigenvalue weighted by Crippen LogP contribution is -2.53. The molecule has 1 saturated heterocycles. The van der Waals surface area contributed by atoms with Crippen LogP contribution in [0.1, 0.15) is 51.9 Å². The molecule has 0 radical (unpaired) electrons. The van der Waals surface area contributed by atoms with E-state index in [0.29, 0.717) is 6.42 Å². The minimum absolute atomic E-state index is 0.0894. The molecule has 7 heteroatoms. The van der Waals surface area contributed by atoms with Crippen molar-refractivity contribution in [2.24, 2.45) is 11.8 Å². The number of ether oxygens (including phenoxy) is 1. The van der Waals surface area contributed by atoms with E-state index in [1.807, 2.05) is 13.0 Å². The Hall–Kier alpha value is -1.89. The van der Waals surface area contributed by atoms with Crippen molar-refractivity contribution in [1.29, 1.82) is 0 Å². The quantitative estimate of drug-likeness (QED) is 0.527. The van der Waals surface area contributed by atoms with Crippen molar-refractivity contribution in [3.63, 3.8) is 0 Å². The Kier molecular flexibility index (Phi) is 5.89. The van der Waals surface area contributed by atoms with Crippen LogP contribution in [0.3, 0.4) is 0 Å². The highest BCUT2D eigenvalue weighted by Crippen LogP contribution is 2.46. The number of fused-ring (bicyclic) bond motifs is 2. The van der Waals surface area contributed by atoms with Crippen molar-refractivity contribution in [1.82, 2.24) is 10.2 Å². The Morgan fingerprint density at radius 3 is 2.85 bits per heavy atom. The fourth-order valence-electron chi connectivity index (χ4n) is 4.30. The number of methoxy groups -OCH3 is 1. The van der Waals surface area contributed by atoms with E-state index >= 15 is 0 Å². The number of allylic oxidation sites excluding steroid dienone is 1. The van der Waals surface area contributed by atoms with Crippen LogP contribution >= 0.6 is 0 Å². The van der Waals surface area contributed by atoms with Crippen LogP contribution in [0.5, 0.6) is 0 Å². The van der Waals surface area contributed by atoms with Crippen LogP contribution in [-0.2, 0) is 19.1 Å². The van der Waals surface area contributed by atoms with Crippen LogP contribution in [0.2, 0.25) is 0 Å². The molecular weight excluding hydrogens is 348 g/mol. The third-order valence-electron chi connectivity index (χ3n) is 6.07. The molecule has 7 nitrogen and oxygen atoms in total. The van der Waals surface area contributed by atoms with Gasteiger partial charge in [-0.15, -0.1) is 0 Å². The second-order valence-electron chi connectivity index (χ2n) is 8.13. The maximum absolute atomic E-state index is 12.9. The molecule has 1 unspecified atom stereocenters. The predicted molar refractivity (Wildman–Crippen MR) is 98.5 cm³/mol. The molecule has 5 atom stereocenters. The molecular formula is C20H30N2O5. The minimum Gasteiger partial charge on any atom is -0.467 e. The standard InChI is InChI=1S/C20H30N2O5/c1-13-8-6-4-3-5-7-9-14-11-20(14,19(26)27-2)21-17(24)16-10-15(23)12-22(16)18(13)25/h7,9,13-16,23H,3-6,8,10-12H2,1-2H3,(H,21,24)/b9-7-/t13-,14?,15-,16-,20+/m0/s1.